The van der Waals surface area contributed by atoms with Crippen molar-refractivity contribution in [3.05, 3.63) is 84.1 Å². The van der Waals surface area contributed by atoms with Crippen LogP contribution in [0.5, 0.6) is 0 Å². The first-order valence-electron chi connectivity index (χ1n) is 10.4. The lowest BCUT2D eigenvalue weighted by atomic mass is 10.1. The maximum atomic E-state index is 12.7. The number of pyridine rings is 1. The van der Waals surface area contributed by atoms with Crippen LogP contribution in [-0.2, 0) is 10.0 Å². The smallest absolute Gasteiger partial charge is 0.251 e. The van der Waals surface area contributed by atoms with Gasteiger partial charge in [-0.25, -0.2) is 13.4 Å². The molecule has 0 bridgehead atoms. The predicted molar refractivity (Wildman–Crippen MR) is 127 cm³/mol. The van der Waals surface area contributed by atoms with E-state index in [0.717, 1.165) is 15.5 Å². The maximum Gasteiger partial charge on any atom is 0.251 e. The summed E-state index contributed by atoms with van der Waals surface area (Å²) in [6.07, 6.45) is 1.75. The molecule has 1 atom stereocenters. The van der Waals surface area contributed by atoms with E-state index in [2.05, 4.69) is 10.3 Å². The van der Waals surface area contributed by atoms with E-state index in [1.165, 1.54) is 16.1 Å². The van der Waals surface area contributed by atoms with Gasteiger partial charge in [0, 0.05) is 29.7 Å². The van der Waals surface area contributed by atoms with Gasteiger partial charge in [-0.05, 0) is 61.0 Å². The topological polar surface area (TPSA) is 79.4 Å². The first kappa shape index (κ1) is 24.0. The third-order valence-corrected chi connectivity index (χ3v) is 8.07. The van der Waals surface area contributed by atoms with Gasteiger partial charge in [-0.2, -0.15) is 4.31 Å². The van der Waals surface area contributed by atoms with Crippen molar-refractivity contribution in [1.82, 2.24) is 14.6 Å². The lowest BCUT2D eigenvalue weighted by Crippen LogP contribution is -2.30. The van der Waals surface area contributed by atoms with Gasteiger partial charge in [0.15, 0.2) is 0 Å². The predicted octanol–water partition coefficient (Wildman–Crippen LogP) is 4.75. The number of nitrogens with one attached hydrogen (secondary N) is 1. The summed E-state index contributed by atoms with van der Waals surface area (Å²) in [5.74, 6) is -0.188. The minimum atomic E-state index is -3.50. The number of hydrogen-bond acceptors (Lipinski definition) is 5. The highest BCUT2D eigenvalue weighted by Gasteiger charge is 2.21. The van der Waals surface area contributed by atoms with Crippen LogP contribution in [0.15, 0.2) is 87.7 Å². The number of amides is 1. The van der Waals surface area contributed by atoms with Crippen molar-refractivity contribution in [3.8, 4) is 0 Å². The SMILES string of the molecule is CCN(CC)S(=O)(=O)c1ccc(C(C)NC(=O)c2ccc(Sc3ccccn3)cc2)cc1. The number of hydrogen-bond donors (Lipinski definition) is 1. The number of benzene rings is 2. The number of rotatable bonds is 9. The Morgan fingerprint density at radius 3 is 2.22 bits per heavy atom. The molecule has 2 aromatic carbocycles. The van der Waals surface area contributed by atoms with Gasteiger partial charge < -0.3 is 5.32 Å². The Morgan fingerprint density at radius 2 is 1.66 bits per heavy atom. The molecule has 0 spiro atoms. The number of aromatic nitrogens is 1. The van der Waals surface area contributed by atoms with Crippen LogP contribution in [0.3, 0.4) is 0 Å². The van der Waals surface area contributed by atoms with Crippen LogP contribution in [0.2, 0.25) is 0 Å². The van der Waals surface area contributed by atoms with Gasteiger partial charge >= 0.3 is 0 Å². The lowest BCUT2D eigenvalue weighted by molar-refractivity contribution is 0.0940. The Morgan fingerprint density at radius 1 is 1.00 bits per heavy atom. The van der Waals surface area contributed by atoms with Crippen molar-refractivity contribution in [3.63, 3.8) is 0 Å². The molecule has 3 rings (SSSR count). The summed E-state index contributed by atoms with van der Waals surface area (Å²) >= 11 is 1.53. The number of nitrogens with zero attached hydrogens (tertiary/aromatic N) is 2. The van der Waals surface area contributed by atoms with Crippen molar-refractivity contribution < 1.29 is 13.2 Å². The lowest BCUT2D eigenvalue weighted by Gasteiger charge is -2.19. The molecule has 1 unspecified atom stereocenters. The molecule has 8 heteroatoms. The Hall–Kier alpha value is -2.68. The molecule has 1 heterocycles. The minimum Gasteiger partial charge on any atom is -0.346 e. The van der Waals surface area contributed by atoms with E-state index in [0.29, 0.717) is 18.7 Å². The molecule has 1 aromatic heterocycles. The molecule has 32 heavy (non-hydrogen) atoms. The van der Waals surface area contributed by atoms with Crippen LogP contribution in [-0.4, -0.2) is 36.7 Å². The zero-order chi connectivity index (χ0) is 23.1. The zero-order valence-electron chi connectivity index (χ0n) is 18.4. The summed E-state index contributed by atoms with van der Waals surface area (Å²) in [5.41, 5.74) is 1.39. The third-order valence-electron chi connectivity index (χ3n) is 5.05. The second kappa shape index (κ2) is 10.8. The molecule has 0 radical (unpaired) electrons. The van der Waals surface area contributed by atoms with Crippen molar-refractivity contribution in [2.24, 2.45) is 0 Å². The van der Waals surface area contributed by atoms with Crippen LogP contribution >= 0.6 is 11.8 Å². The monoisotopic (exact) mass is 469 g/mol. The van der Waals surface area contributed by atoms with E-state index in [-0.39, 0.29) is 16.8 Å². The first-order chi connectivity index (χ1) is 15.3. The highest BCUT2D eigenvalue weighted by molar-refractivity contribution is 7.99. The molecule has 168 valence electrons. The summed E-state index contributed by atoms with van der Waals surface area (Å²) in [5, 5.41) is 3.86. The molecule has 6 nitrogen and oxygen atoms in total. The van der Waals surface area contributed by atoms with Gasteiger partial charge in [0.05, 0.1) is 10.9 Å². The minimum absolute atomic E-state index is 0.188. The second-order valence-corrected chi connectivity index (χ2v) is 10.2. The van der Waals surface area contributed by atoms with Gasteiger partial charge in [0.25, 0.3) is 5.91 Å². The Kier molecular flexibility index (Phi) is 8.06. The molecule has 0 aliphatic heterocycles. The fourth-order valence-electron chi connectivity index (χ4n) is 3.21. The third kappa shape index (κ3) is 5.76. The van der Waals surface area contributed by atoms with E-state index in [1.54, 1.807) is 42.6 Å². The van der Waals surface area contributed by atoms with Gasteiger partial charge in [-0.1, -0.05) is 43.8 Å². The van der Waals surface area contributed by atoms with Crippen molar-refractivity contribution in [1.29, 1.82) is 0 Å². The largest absolute Gasteiger partial charge is 0.346 e. The zero-order valence-corrected chi connectivity index (χ0v) is 20.0. The van der Waals surface area contributed by atoms with Gasteiger partial charge in [-0.3, -0.25) is 4.79 Å². The molecule has 0 saturated heterocycles. The maximum absolute atomic E-state index is 12.7. The number of carbonyl (C=O) groups excluding carboxylic acids is 1. The Balaban J connectivity index is 1.64. The molecular weight excluding hydrogens is 442 g/mol. The van der Waals surface area contributed by atoms with Crippen molar-refractivity contribution in [2.75, 3.05) is 13.1 Å². The second-order valence-electron chi connectivity index (χ2n) is 7.15. The molecule has 0 aliphatic carbocycles. The van der Waals surface area contributed by atoms with Crippen LogP contribution in [0.4, 0.5) is 0 Å². The average Bonchev–Trinajstić information content (AvgIpc) is 2.81. The molecule has 3 aromatic rings. The summed E-state index contributed by atoms with van der Waals surface area (Å²) in [4.78, 5) is 18.2. The van der Waals surface area contributed by atoms with E-state index in [1.807, 2.05) is 51.1 Å². The first-order valence-corrected chi connectivity index (χ1v) is 12.7. The van der Waals surface area contributed by atoms with Crippen LogP contribution in [0.1, 0.15) is 42.7 Å². The van der Waals surface area contributed by atoms with Gasteiger partial charge in [0.2, 0.25) is 10.0 Å². The molecular formula is C24H27N3O3S2. The Bertz CT molecular complexity index is 1130. The Labute approximate surface area is 194 Å². The normalized spacial score (nSPS) is 12.5. The van der Waals surface area contributed by atoms with Gasteiger partial charge in [-0.15, -0.1) is 0 Å². The molecule has 1 amide bonds. The quantitative estimate of drug-likeness (QED) is 0.489. The fraction of sp³-hybridized carbons (Fsp3) is 0.250. The van der Waals surface area contributed by atoms with Crippen LogP contribution < -0.4 is 5.32 Å². The molecule has 0 fully saturated rings. The van der Waals surface area contributed by atoms with E-state index in [9.17, 15) is 13.2 Å². The summed E-state index contributed by atoms with van der Waals surface area (Å²) in [6, 6.07) is 19.5. The highest BCUT2D eigenvalue weighted by atomic mass is 32.2. The van der Waals surface area contributed by atoms with Gasteiger partial charge in [0.1, 0.15) is 5.03 Å². The average molecular weight is 470 g/mol. The number of carbonyl (C=O) groups is 1. The van der Waals surface area contributed by atoms with E-state index >= 15 is 0 Å². The summed E-state index contributed by atoms with van der Waals surface area (Å²) in [6.45, 7) is 6.35. The molecule has 0 saturated carbocycles. The molecule has 0 aliphatic rings. The summed E-state index contributed by atoms with van der Waals surface area (Å²) in [7, 11) is -3.50. The van der Waals surface area contributed by atoms with E-state index in [4.69, 9.17) is 0 Å². The molecule has 1 N–H and O–H groups in total. The van der Waals surface area contributed by atoms with Crippen LogP contribution in [0.25, 0.3) is 0 Å². The fourth-order valence-corrected chi connectivity index (χ4v) is 5.44. The summed E-state index contributed by atoms with van der Waals surface area (Å²) < 4.78 is 26.7. The highest BCUT2D eigenvalue weighted by Crippen LogP contribution is 2.26. The number of sulfonamides is 1. The van der Waals surface area contributed by atoms with E-state index < -0.39 is 10.0 Å². The van der Waals surface area contributed by atoms with Crippen molar-refractivity contribution >= 4 is 27.7 Å². The van der Waals surface area contributed by atoms with Crippen molar-refractivity contribution in [2.45, 2.75) is 41.6 Å². The van der Waals surface area contributed by atoms with Crippen LogP contribution in [0, 0.1) is 0 Å². The standard InChI is InChI=1S/C24H27N3O3S2/c1-4-27(5-2)32(29,30)22-15-11-19(12-16-22)18(3)26-24(28)20-9-13-21(14-10-20)31-23-8-6-7-17-25-23/h6-18H,4-5H2,1-3H3,(H,26,28).